The van der Waals surface area contributed by atoms with Gasteiger partial charge in [-0.25, -0.2) is 4.68 Å². The van der Waals surface area contributed by atoms with Crippen molar-refractivity contribution in [2.45, 2.75) is 32.9 Å². The highest BCUT2D eigenvalue weighted by Crippen LogP contribution is 2.21. The fourth-order valence-corrected chi connectivity index (χ4v) is 2.58. The zero-order valence-corrected chi connectivity index (χ0v) is 13.6. The van der Waals surface area contributed by atoms with Crippen LogP contribution >= 0.6 is 0 Å². The van der Waals surface area contributed by atoms with E-state index in [0.29, 0.717) is 0 Å². The number of methoxy groups -OCH3 is 1. The molecule has 0 atom stereocenters. The lowest BCUT2D eigenvalue weighted by molar-refractivity contribution is 0.282. The number of nitrogens with zero attached hydrogens (tertiary/aromatic N) is 2. The summed E-state index contributed by atoms with van der Waals surface area (Å²) in [6.45, 7) is 3.85. The van der Waals surface area contributed by atoms with Gasteiger partial charge in [0.2, 0.25) is 5.88 Å². The van der Waals surface area contributed by atoms with Gasteiger partial charge >= 0.3 is 0 Å². The van der Waals surface area contributed by atoms with Gasteiger partial charge in [-0.3, -0.25) is 0 Å². The summed E-state index contributed by atoms with van der Waals surface area (Å²) < 4.78 is 7.23. The van der Waals surface area contributed by atoms with Crippen molar-refractivity contribution in [1.82, 2.24) is 15.1 Å². The largest absolute Gasteiger partial charge is 0.481 e. The molecule has 2 N–H and O–H groups in total. The Morgan fingerprint density at radius 2 is 1.91 bits per heavy atom. The van der Waals surface area contributed by atoms with E-state index < -0.39 is 0 Å². The van der Waals surface area contributed by atoms with Gasteiger partial charge in [0, 0.05) is 13.6 Å². The molecule has 0 amide bonds. The molecule has 0 aliphatic rings. The van der Waals surface area contributed by atoms with Crippen LogP contribution in [0.25, 0.3) is 0 Å². The van der Waals surface area contributed by atoms with Crippen LogP contribution in [0.2, 0.25) is 0 Å². The Hall–Kier alpha value is -1.85. The molecule has 2 aromatic rings. The van der Waals surface area contributed by atoms with Crippen LogP contribution in [-0.4, -0.2) is 28.5 Å². The Labute approximate surface area is 131 Å². The lowest BCUT2D eigenvalue weighted by atomic mass is 10.1. The van der Waals surface area contributed by atoms with Crippen molar-refractivity contribution in [1.29, 1.82) is 0 Å². The molecule has 5 heteroatoms. The minimum atomic E-state index is 0.0964. The lowest BCUT2D eigenvalue weighted by Gasteiger charge is -2.08. The minimum Gasteiger partial charge on any atom is -0.481 e. The van der Waals surface area contributed by atoms with Crippen molar-refractivity contribution in [3.05, 3.63) is 46.6 Å². The Bertz CT molecular complexity index is 591. The number of aliphatic hydroxyl groups excluding tert-OH is 1. The standard InChI is InChI=1S/C17H25N3O2/c1-4-16-15(17(22-3)20(2)19-16)11-18-10-9-13-5-7-14(12-21)8-6-13/h5-8,18,21H,4,9-12H2,1-3H3. The van der Waals surface area contributed by atoms with Crippen molar-refractivity contribution in [2.24, 2.45) is 7.05 Å². The summed E-state index contributed by atoms with van der Waals surface area (Å²) >= 11 is 0. The zero-order chi connectivity index (χ0) is 15.9. The van der Waals surface area contributed by atoms with E-state index in [1.54, 1.807) is 11.8 Å². The summed E-state index contributed by atoms with van der Waals surface area (Å²) in [6, 6.07) is 8.06. The molecular weight excluding hydrogens is 278 g/mol. The van der Waals surface area contributed by atoms with Crippen molar-refractivity contribution < 1.29 is 9.84 Å². The smallest absolute Gasteiger partial charge is 0.216 e. The molecule has 1 heterocycles. The fraction of sp³-hybridized carbons (Fsp3) is 0.471. The van der Waals surface area contributed by atoms with Crippen molar-refractivity contribution in [3.63, 3.8) is 0 Å². The number of ether oxygens (including phenoxy) is 1. The summed E-state index contributed by atoms with van der Waals surface area (Å²) in [5.41, 5.74) is 4.44. The second-order valence-electron chi connectivity index (χ2n) is 5.31. The zero-order valence-electron chi connectivity index (χ0n) is 13.6. The molecule has 0 spiro atoms. The monoisotopic (exact) mass is 303 g/mol. The Morgan fingerprint density at radius 1 is 1.23 bits per heavy atom. The van der Waals surface area contributed by atoms with E-state index in [2.05, 4.69) is 29.5 Å². The Balaban J connectivity index is 1.88. The maximum Gasteiger partial charge on any atom is 0.216 e. The quantitative estimate of drug-likeness (QED) is 0.730. The number of benzene rings is 1. The number of aromatic nitrogens is 2. The Kier molecular flexibility index (Phi) is 5.98. The van der Waals surface area contributed by atoms with Crippen LogP contribution in [0, 0.1) is 0 Å². The van der Waals surface area contributed by atoms with Gasteiger partial charge in [0.05, 0.1) is 25.0 Å². The van der Waals surface area contributed by atoms with Gasteiger partial charge in [-0.2, -0.15) is 5.10 Å². The van der Waals surface area contributed by atoms with Crippen LogP contribution in [0.15, 0.2) is 24.3 Å². The molecule has 5 nitrogen and oxygen atoms in total. The summed E-state index contributed by atoms with van der Waals surface area (Å²) in [5.74, 6) is 0.830. The van der Waals surface area contributed by atoms with Crippen molar-refractivity contribution in [2.75, 3.05) is 13.7 Å². The molecule has 2 rings (SSSR count). The number of aryl methyl sites for hydroxylation is 2. The SMILES string of the molecule is CCc1nn(C)c(OC)c1CNCCc1ccc(CO)cc1. The number of hydrogen-bond acceptors (Lipinski definition) is 4. The lowest BCUT2D eigenvalue weighted by Crippen LogP contribution is -2.17. The van der Waals surface area contributed by atoms with Gasteiger partial charge in [0.15, 0.2) is 0 Å². The minimum absolute atomic E-state index is 0.0964. The van der Waals surface area contributed by atoms with E-state index >= 15 is 0 Å². The highest BCUT2D eigenvalue weighted by Gasteiger charge is 2.14. The van der Waals surface area contributed by atoms with Crippen LogP contribution in [0.3, 0.4) is 0 Å². The normalized spacial score (nSPS) is 10.9. The third-order valence-corrected chi connectivity index (χ3v) is 3.80. The molecule has 1 aromatic heterocycles. The first-order valence-corrected chi connectivity index (χ1v) is 7.67. The third kappa shape index (κ3) is 3.87. The van der Waals surface area contributed by atoms with Gasteiger partial charge in [-0.1, -0.05) is 31.2 Å². The van der Waals surface area contributed by atoms with Crippen LogP contribution in [0.1, 0.15) is 29.3 Å². The second kappa shape index (κ2) is 7.96. The van der Waals surface area contributed by atoms with Crippen LogP contribution in [0.5, 0.6) is 5.88 Å². The fourth-order valence-electron chi connectivity index (χ4n) is 2.58. The van der Waals surface area contributed by atoms with Gasteiger partial charge in [0.25, 0.3) is 0 Å². The maximum atomic E-state index is 9.04. The molecule has 1 aromatic carbocycles. The number of hydrogen-bond donors (Lipinski definition) is 2. The van der Waals surface area contributed by atoms with Gasteiger partial charge in [0.1, 0.15) is 0 Å². The summed E-state index contributed by atoms with van der Waals surface area (Å²) in [4.78, 5) is 0. The molecule has 0 aliphatic carbocycles. The molecule has 0 unspecified atom stereocenters. The summed E-state index contributed by atoms with van der Waals surface area (Å²) in [7, 11) is 3.59. The number of aliphatic hydroxyl groups is 1. The van der Waals surface area contributed by atoms with Gasteiger partial charge in [-0.05, 0) is 30.5 Å². The van der Waals surface area contributed by atoms with Crippen LogP contribution in [0.4, 0.5) is 0 Å². The van der Waals surface area contributed by atoms with E-state index in [1.807, 2.05) is 19.2 Å². The molecule has 0 fully saturated rings. The summed E-state index contributed by atoms with van der Waals surface area (Å²) in [5, 5.41) is 17.0. The maximum absolute atomic E-state index is 9.04. The molecule has 120 valence electrons. The highest BCUT2D eigenvalue weighted by molar-refractivity contribution is 5.31. The van der Waals surface area contributed by atoms with E-state index in [4.69, 9.17) is 9.84 Å². The molecule has 0 aliphatic heterocycles. The van der Waals surface area contributed by atoms with Gasteiger partial charge in [-0.15, -0.1) is 0 Å². The van der Waals surface area contributed by atoms with E-state index in [1.165, 1.54) is 5.56 Å². The van der Waals surface area contributed by atoms with E-state index in [0.717, 1.165) is 48.6 Å². The molecule has 0 saturated heterocycles. The molecular formula is C17H25N3O2. The van der Waals surface area contributed by atoms with Crippen molar-refractivity contribution in [3.8, 4) is 5.88 Å². The second-order valence-corrected chi connectivity index (χ2v) is 5.31. The van der Waals surface area contributed by atoms with E-state index in [-0.39, 0.29) is 6.61 Å². The predicted octanol–water partition coefficient (Wildman–Crippen LogP) is 1.82. The molecule has 0 saturated carbocycles. The predicted molar refractivity (Wildman–Crippen MR) is 86.9 cm³/mol. The first kappa shape index (κ1) is 16.5. The molecule has 0 radical (unpaired) electrons. The van der Waals surface area contributed by atoms with Gasteiger partial charge < -0.3 is 15.2 Å². The van der Waals surface area contributed by atoms with E-state index in [9.17, 15) is 0 Å². The molecule has 22 heavy (non-hydrogen) atoms. The topological polar surface area (TPSA) is 59.3 Å². The first-order chi connectivity index (χ1) is 10.7. The summed E-state index contributed by atoms with van der Waals surface area (Å²) in [6.07, 6.45) is 1.85. The Morgan fingerprint density at radius 3 is 2.50 bits per heavy atom. The third-order valence-electron chi connectivity index (χ3n) is 3.80. The highest BCUT2D eigenvalue weighted by atomic mass is 16.5. The number of nitrogens with one attached hydrogen (secondary N) is 1. The van der Waals surface area contributed by atoms with Crippen molar-refractivity contribution >= 4 is 0 Å². The average Bonchev–Trinajstić information content (AvgIpc) is 2.87. The number of rotatable bonds is 8. The van der Waals surface area contributed by atoms with Crippen LogP contribution < -0.4 is 10.1 Å². The average molecular weight is 303 g/mol. The first-order valence-electron chi connectivity index (χ1n) is 7.67. The molecule has 0 bridgehead atoms. The van der Waals surface area contributed by atoms with Crippen LogP contribution in [-0.2, 0) is 33.0 Å².